The molecule has 0 spiro atoms. The number of thioether (sulfide) groups is 1. The molecule has 2 heterocycles. The molecule has 3 aromatic rings. The van der Waals surface area contributed by atoms with Gasteiger partial charge in [0.2, 0.25) is 11.0 Å². The SMILES string of the molecule is COCCNC(=O)CSc1nnc(N2CCN(C(=O)c3ccc4ccccc4c3)CC2)s1. The minimum atomic E-state index is -0.0513. The van der Waals surface area contributed by atoms with E-state index in [-0.39, 0.29) is 11.8 Å². The van der Waals surface area contributed by atoms with Crippen LogP contribution in [0.25, 0.3) is 10.8 Å². The number of carbonyl (C=O) groups excluding carboxylic acids is 2. The predicted octanol–water partition coefficient (Wildman–Crippen LogP) is 2.51. The quantitative estimate of drug-likeness (QED) is 0.399. The van der Waals surface area contributed by atoms with E-state index < -0.39 is 0 Å². The fourth-order valence-electron chi connectivity index (χ4n) is 3.47. The lowest BCUT2D eigenvalue weighted by Gasteiger charge is -2.34. The van der Waals surface area contributed by atoms with Gasteiger partial charge in [0.25, 0.3) is 5.91 Å². The number of anilines is 1. The molecule has 0 atom stereocenters. The Morgan fingerprint density at radius 3 is 2.66 bits per heavy atom. The maximum absolute atomic E-state index is 13.0. The highest BCUT2D eigenvalue weighted by molar-refractivity contribution is 8.01. The average Bonchev–Trinajstić information content (AvgIpc) is 3.31. The second-order valence-electron chi connectivity index (χ2n) is 7.32. The van der Waals surface area contributed by atoms with E-state index in [0.717, 1.165) is 25.8 Å². The Hall–Kier alpha value is -2.69. The Balaban J connectivity index is 1.28. The van der Waals surface area contributed by atoms with Crippen LogP contribution in [0.3, 0.4) is 0 Å². The fourth-order valence-corrected chi connectivity index (χ4v) is 5.19. The Kier molecular flexibility index (Phi) is 7.56. The minimum Gasteiger partial charge on any atom is -0.383 e. The van der Waals surface area contributed by atoms with Crippen LogP contribution < -0.4 is 10.2 Å². The number of nitrogens with one attached hydrogen (secondary N) is 1. The highest BCUT2D eigenvalue weighted by atomic mass is 32.2. The highest BCUT2D eigenvalue weighted by Gasteiger charge is 2.24. The van der Waals surface area contributed by atoms with E-state index in [1.807, 2.05) is 47.4 Å². The number of ether oxygens (including phenoxy) is 1. The summed E-state index contributed by atoms with van der Waals surface area (Å²) in [6.07, 6.45) is 0. The van der Waals surface area contributed by atoms with Gasteiger partial charge in [-0.25, -0.2) is 0 Å². The summed E-state index contributed by atoms with van der Waals surface area (Å²) in [7, 11) is 1.60. The molecule has 1 aliphatic rings. The first kappa shape index (κ1) is 22.5. The Labute approximate surface area is 194 Å². The summed E-state index contributed by atoms with van der Waals surface area (Å²) < 4.78 is 5.68. The van der Waals surface area contributed by atoms with Crippen LogP contribution in [0, 0.1) is 0 Å². The Morgan fingerprint density at radius 2 is 1.88 bits per heavy atom. The van der Waals surface area contributed by atoms with Crippen LogP contribution in [-0.4, -0.2) is 79.1 Å². The average molecular weight is 472 g/mol. The smallest absolute Gasteiger partial charge is 0.253 e. The molecule has 0 saturated carbocycles. The van der Waals surface area contributed by atoms with Crippen molar-refractivity contribution in [3.8, 4) is 0 Å². The largest absolute Gasteiger partial charge is 0.383 e. The molecule has 0 bridgehead atoms. The number of carbonyl (C=O) groups is 2. The molecule has 1 aliphatic heterocycles. The molecule has 1 fully saturated rings. The second kappa shape index (κ2) is 10.8. The molecule has 168 valence electrons. The van der Waals surface area contributed by atoms with Crippen molar-refractivity contribution in [3.05, 3.63) is 48.0 Å². The number of aromatic nitrogens is 2. The second-order valence-corrected chi connectivity index (χ2v) is 9.50. The molecule has 2 aromatic carbocycles. The molecule has 1 aromatic heterocycles. The molecule has 8 nitrogen and oxygen atoms in total. The molecule has 0 unspecified atom stereocenters. The van der Waals surface area contributed by atoms with Crippen LogP contribution in [0.2, 0.25) is 0 Å². The maximum Gasteiger partial charge on any atom is 0.253 e. The van der Waals surface area contributed by atoms with Gasteiger partial charge < -0.3 is 19.9 Å². The minimum absolute atomic E-state index is 0.0513. The number of rotatable bonds is 8. The lowest BCUT2D eigenvalue weighted by molar-refractivity contribution is -0.118. The van der Waals surface area contributed by atoms with Crippen LogP contribution in [-0.2, 0) is 9.53 Å². The Bertz CT molecular complexity index is 1080. The molecule has 2 amide bonds. The maximum atomic E-state index is 13.0. The third kappa shape index (κ3) is 5.56. The molecule has 0 aliphatic carbocycles. The van der Waals surface area contributed by atoms with Crippen molar-refractivity contribution in [2.24, 2.45) is 0 Å². The van der Waals surface area contributed by atoms with Gasteiger partial charge >= 0.3 is 0 Å². The molecule has 4 rings (SSSR count). The number of fused-ring (bicyclic) bond motifs is 1. The zero-order valence-corrected chi connectivity index (χ0v) is 19.5. The van der Waals surface area contributed by atoms with Crippen molar-refractivity contribution >= 4 is 50.8 Å². The molecule has 1 saturated heterocycles. The van der Waals surface area contributed by atoms with Gasteiger partial charge in [-0.05, 0) is 22.9 Å². The van der Waals surface area contributed by atoms with Gasteiger partial charge in [0, 0.05) is 45.4 Å². The van der Waals surface area contributed by atoms with Crippen molar-refractivity contribution in [2.75, 3.05) is 57.1 Å². The van der Waals surface area contributed by atoms with Crippen LogP contribution in [0.5, 0.6) is 0 Å². The van der Waals surface area contributed by atoms with Gasteiger partial charge in [-0.15, -0.1) is 10.2 Å². The predicted molar refractivity (Wildman–Crippen MR) is 128 cm³/mol. The summed E-state index contributed by atoms with van der Waals surface area (Å²) in [6, 6.07) is 13.9. The van der Waals surface area contributed by atoms with Crippen LogP contribution in [0.1, 0.15) is 10.4 Å². The van der Waals surface area contributed by atoms with Gasteiger partial charge in [0.1, 0.15) is 0 Å². The van der Waals surface area contributed by atoms with Gasteiger partial charge in [0.15, 0.2) is 4.34 Å². The first-order valence-electron chi connectivity index (χ1n) is 10.4. The molecule has 32 heavy (non-hydrogen) atoms. The number of benzene rings is 2. The van der Waals surface area contributed by atoms with Gasteiger partial charge in [-0.3, -0.25) is 9.59 Å². The Morgan fingerprint density at radius 1 is 1.09 bits per heavy atom. The lowest BCUT2D eigenvalue weighted by Crippen LogP contribution is -2.48. The van der Waals surface area contributed by atoms with Crippen molar-refractivity contribution in [3.63, 3.8) is 0 Å². The van der Waals surface area contributed by atoms with Crippen molar-refractivity contribution < 1.29 is 14.3 Å². The first-order chi connectivity index (χ1) is 15.6. The molecule has 1 N–H and O–H groups in total. The van der Waals surface area contributed by atoms with E-state index in [2.05, 4.69) is 20.4 Å². The fraction of sp³-hybridized carbons (Fsp3) is 0.364. The van der Waals surface area contributed by atoms with Crippen molar-refractivity contribution in [2.45, 2.75) is 4.34 Å². The summed E-state index contributed by atoms with van der Waals surface area (Å²) in [6.45, 7) is 3.67. The normalized spacial score (nSPS) is 14.0. The molecular weight excluding hydrogens is 446 g/mol. The number of nitrogens with zero attached hydrogens (tertiary/aromatic N) is 4. The van der Waals surface area contributed by atoms with E-state index in [0.29, 0.717) is 45.1 Å². The summed E-state index contributed by atoms with van der Waals surface area (Å²) in [5.74, 6) is 0.305. The summed E-state index contributed by atoms with van der Waals surface area (Å²) >= 11 is 2.85. The van der Waals surface area contributed by atoms with Crippen molar-refractivity contribution in [1.29, 1.82) is 0 Å². The monoisotopic (exact) mass is 471 g/mol. The highest BCUT2D eigenvalue weighted by Crippen LogP contribution is 2.28. The number of amides is 2. The van der Waals surface area contributed by atoms with Crippen LogP contribution in [0.4, 0.5) is 5.13 Å². The van der Waals surface area contributed by atoms with E-state index in [4.69, 9.17) is 4.74 Å². The summed E-state index contributed by atoms with van der Waals surface area (Å²) in [5, 5.41) is 14.3. The van der Waals surface area contributed by atoms with Gasteiger partial charge in [-0.1, -0.05) is 53.4 Å². The summed E-state index contributed by atoms with van der Waals surface area (Å²) in [4.78, 5) is 28.8. The number of hydrogen-bond donors (Lipinski definition) is 1. The van der Waals surface area contributed by atoms with E-state index in [9.17, 15) is 9.59 Å². The zero-order chi connectivity index (χ0) is 22.3. The third-order valence-corrected chi connectivity index (χ3v) is 7.30. The van der Waals surface area contributed by atoms with E-state index in [1.54, 1.807) is 7.11 Å². The molecule has 0 radical (unpaired) electrons. The van der Waals surface area contributed by atoms with Gasteiger partial charge in [0.05, 0.1) is 12.4 Å². The standard InChI is InChI=1S/C22H25N5O3S2/c1-30-13-8-23-19(28)15-31-22-25-24-21(32-22)27-11-9-26(10-12-27)20(29)18-7-6-16-4-2-3-5-17(16)14-18/h2-7,14H,8-13,15H2,1H3,(H,23,28). The summed E-state index contributed by atoms with van der Waals surface area (Å²) in [5.41, 5.74) is 0.718. The van der Waals surface area contributed by atoms with Crippen LogP contribution in [0.15, 0.2) is 46.8 Å². The van der Waals surface area contributed by atoms with E-state index in [1.165, 1.54) is 23.1 Å². The number of methoxy groups -OCH3 is 1. The molecule has 10 heteroatoms. The van der Waals surface area contributed by atoms with Crippen LogP contribution >= 0.6 is 23.1 Å². The first-order valence-corrected chi connectivity index (χ1v) is 12.2. The molecular formula is C22H25N5O3S2. The number of hydrogen-bond acceptors (Lipinski definition) is 8. The zero-order valence-electron chi connectivity index (χ0n) is 17.8. The van der Waals surface area contributed by atoms with E-state index >= 15 is 0 Å². The number of piperazine rings is 1. The topological polar surface area (TPSA) is 87.7 Å². The van der Waals surface area contributed by atoms with Gasteiger partial charge in [-0.2, -0.15) is 0 Å². The van der Waals surface area contributed by atoms with Crippen molar-refractivity contribution in [1.82, 2.24) is 20.4 Å². The lowest BCUT2D eigenvalue weighted by atomic mass is 10.1. The third-order valence-electron chi connectivity index (χ3n) is 5.18.